The van der Waals surface area contributed by atoms with Gasteiger partial charge in [0, 0.05) is 19.3 Å². The van der Waals surface area contributed by atoms with Crippen LogP contribution >= 0.6 is 0 Å². The van der Waals surface area contributed by atoms with Gasteiger partial charge in [0.05, 0.1) is 0 Å². The van der Waals surface area contributed by atoms with Gasteiger partial charge in [0.15, 0.2) is 6.10 Å². The zero-order chi connectivity index (χ0) is 43.0. The van der Waals surface area contributed by atoms with E-state index in [1.54, 1.807) is 0 Å². The lowest BCUT2D eigenvalue weighted by atomic mass is 10.1. The van der Waals surface area contributed by atoms with Crippen LogP contribution in [0.4, 0.5) is 0 Å². The first-order valence-corrected chi connectivity index (χ1v) is 22.8. The van der Waals surface area contributed by atoms with Crippen LogP contribution in [0.1, 0.15) is 162 Å². The molecule has 0 aromatic carbocycles. The van der Waals surface area contributed by atoms with Gasteiger partial charge in [0.25, 0.3) is 0 Å². The first-order chi connectivity index (χ1) is 29.0. The van der Waals surface area contributed by atoms with Gasteiger partial charge in [-0.05, 0) is 96.3 Å². The van der Waals surface area contributed by atoms with Crippen molar-refractivity contribution >= 4 is 17.9 Å². The van der Waals surface area contributed by atoms with Gasteiger partial charge in [0.1, 0.15) is 13.2 Å². The second-order valence-electron chi connectivity index (χ2n) is 14.3. The van der Waals surface area contributed by atoms with Crippen LogP contribution in [-0.4, -0.2) is 37.2 Å². The fraction of sp³-hybridized carbons (Fsp3) is 0.528. The molecule has 0 rings (SSSR count). The van der Waals surface area contributed by atoms with E-state index in [2.05, 4.69) is 99.8 Å². The molecule has 0 N–H and O–H groups in total. The number of allylic oxidation sites excluding steroid dienone is 22. The molecular formula is C53H80O6. The van der Waals surface area contributed by atoms with Crippen molar-refractivity contribution in [3.8, 4) is 0 Å². The van der Waals surface area contributed by atoms with E-state index in [4.69, 9.17) is 14.2 Å². The van der Waals surface area contributed by atoms with Crippen molar-refractivity contribution in [1.82, 2.24) is 0 Å². The lowest BCUT2D eigenvalue weighted by Gasteiger charge is -2.18. The van der Waals surface area contributed by atoms with Crippen molar-refractivity contribution in [1.29, 1.82) is 0 Å². The summed E-state index contributed by atoms with van der Waals surface area (Å²) in [6.45, 7) is 6.18. The third-order valence-corrected chi connectivity index (χ3v) is 8.75. The molecular weight excluding hydrogens is 733 g/mol. The number of hydrogen-bond donors (Lipinski definition) is 0. The fourth-order valence-corrected chi connectivity index (χ4v) is 5.38. The van der Waals surface area contributed by atoms with E-state index in [0.717, 1.165) is 77.0 Å². The fourth-order valence-electron chi connectivity index (χ4n) is 5.38. The summed E-state index contributed by atoms with van der Waals surface area (Å²) in [4.78, 5) is 37.7. The minimum Gasteiger partial charge on any atom is -0.462 e. The summed E-state index contributed by atoms with van der Waals surface area (Å²) < 4.78 is 16.5. The third-order valence-electron chi connectivity index (χ3n) is 8.75. The molecule has 0 fully saturated rings. The van der Waals surface area contributed by atoms with Crippen molar-refractivity contribution in [2.24, 2.45) is 0 Å². The van der Waals surface area contributed by atoms with Gasteiger partial charge in [-0.25, -0.2) is 0 Å². The highest BCUT2D eigenvalue weighted by Gasteiger charge is 2.19. The summed E-state index contributed by atoms with van der Waals surface area (Å²) in [6, 6.07) is 0. The highest BCUT2D eigenvalue weighted by Crippen LogP contribution is 2.10. The van der Waals surface area contributed by atoms with Crippen LogP contribution in [0.5, 0.6) is 0 Å². The molecule has 0 bridgehead atoms. The van der Waals surface area contributed by atoms with Gasteiger partial charge in [-0.2, -0.15) is 0 Å². The average Bonchev–Trinajstić information content (AvgIpc) is 3.23. The summed E-state index contributed by atoms with van der Waals surface area (Å²) in [5.41, 5.74) is 0. The standard InChI is InChI=1S/C53H80O6/c1-4-7-10-13-16-19-21-23-24-25-26-27-28-30-31-34-37-40-43-46-52(55)58-49-50(48-57-51(54)45-42-39-36-33-18-15-12-9-6-3)59-53(56)47-44-41-38-35-32-29-22-20-17-14-11-8-5-2/h7-8,10-11,14,16-17,19-20,22-24,26-27,29-33,35-36,38,50H,4-6,9,12-13,15,18,21,25,28,34,37,39-49H2,1-3H3/b10-7-,11-8-,17-14-,19-16-,22-20-,24-23-,27-26-,31-30-,32-29-,36-33-,38-35-. The van der Waals surface area contributed by atoms with Gasteiger partial charge >= 0.3 is 17.9 Å². The Morgan fingerprint density at radius 3 is 1.29 bits per heavy atom. The van der Waals surface area contributed by atoms with Crippen LogP contribution in [0.2, 0.25) is 0 Å². The SMILES string of the molecule is CC\C=C/C=C\C=C/C=C\C=C/CCCC(=O)OC(COC(=O)CCC/C=C\CCCCCC)COC(=O)CCCCC/C=C\C/C=C\C/C=C\C/C=C\C/C=C\CC. The Hall–Kier alpha value is -4.45. The van der Waals surface area contributed by atoms with Crippen LogP contribution in [0.25, 0.3) is 0 Å². The molecule has 0 radical (unpaired) electrons. The molecule has 1 unspecified atom stereocenters. The van der Waals surface area contributed by atoms with Crippen LogP contribution in [0, 0.1) is 0 Å². The normalized spacial score (nSPS) is 13.3. The summed E-state index contributed by atoms with van der Waals surface area (Å²) in [5.74, 6) is -1.10. The predicted molar refractivity (Wildman–Crippen MR) is 251 cm³/mol. The Labute approximate surface area is 360 Å². The number of carbonyl (C=O) groups is 3. The molecule has 0 aromatic rings. The van der Waals surface area contributed by atoms with Crippen LogP contribution in [-0.2, 0) is 28.6 Å². The van der Waals surface area contributed by atoms with E-state index in [0.29, 0.717) is 25.7 Å². The number of carbonyl (C=O) groups excluding carboxylic acids is 3. The molecule has 0 heterocycles. The van der Waals surface area contributed by atoms with Gasteiger partial charge < -0.3 is 14.2 Å². The number of hydrogen-bond acceptors (Lipinski definition) is 6. The Morgan fingerprint density at radius 1 is 0.373 bits per heavy atom. The van der Waals surface area contributed by atoms with E-state index in [9.17, 15) is 14.4 Å². The first kappa shape index (κ1) is 54.6. The summed E-state index contributed by atoms with van der Waals surface area (Å²) in [6.07, 6.45) is 64.5. The van der Waals surface area contributed by atoms with Crippen molar-refractivity contribution in [3.05, 3.63) is 134 Å². The predicted octanol–water partition coefficient (Wildman–Crippen LogP) is 14.7. The van der Waals surface area contributed by atoms with E-state index in [-0.39, 0.29) is 38.0 Å². The van der Waals surface area contributed by atoms with E-state index < -0.39 is 12.1 Å². The summed E-state index contributed by atoms with van der Waals surface area (Å²) in [5, 5.41) is 0. The molecule has 0 amide bonds. The highest BCUT2D eigenvalue weighted by atomic mass is 16.6. The Kier molecular flexibility index (Phi) is 42.8. The van der Waals surface area contributed by atoms with E-state index in [1.807, 2.05) is 54.7 Å². The van der Waals surface area contributed by atoms with Crippen LogP contribution in [0.15, 0.2) is 134 Å². The molecule has 0 saturated carbocycles. The molecule has 0 aromatic heterocycles. The highest BCUT2D eigenvalue weighted by molar-refractivity contribution is 5.71. The Bertz CT molecular complexity index is 1350. The molecule has 0 aliphatic rings. The number of esters is 3. The maximum Gasteiger partial charge on any atom is 0.306 e. The molecule has 6 nitrogen and oxygen atoms in total. The maximum atomic E-state index is 12.7. The van der Waals surface area contributed by atoms with Gasteiger partial charge in [0.2, 0.25) is 0 Å². The molecule has 0 aliphatic carbocycles. The molecule has 0 saturated heterocycles. The lowest BCUT2D eigenvalue weighted by molar-refractivity contribution is -0.167. The Morgan fingerprint density at radius 2 is 0.763 bits per heavy atom. The number of unbranched alkanes of at least 4 members (excludes halogenated alkanes) is 9. The van der Waals surface area contributed by atoms with Crippen molar-refractivity contribution < 1.29 is 28.6 Å². The molecule has 0 aliphatic heterocycles. The summed E-state index contributed by atoms with van der Waals surface area (Å²) >= 11 is 0. The van der Waals surface area contributed by atoms with Crippen LogP contribution < -0.4 is 0 Å². The van der Waals surface area contributed by atoms with E-state index >= 15 is 0 Å². The first-order valence-electron chi connectivity index (χ1n) is 22.8. The van der Waals surface area contributed by atoms with Crippen LogP contribution in [0.3, 0.4) is 0 Å². The van der Waals surface area contributed by atoms with Gasteiger partial charge in [-0.3, -0.25) is 14.4 Å². The molecule has 59 heavy (non-hydrogen) atoms. The second kappa shape index (κ2) is 46.2. The molecule has 6 heteroatoms. The molecule has 1 atom stereocenters. The minimum absolute atomic E-state index is 0.138. The maximum absolute atomic E-state index is 12.7. The molecule has 0 spiro atoms. The smallest absolute Gasteiger partial charge is 0.306 e. The minimum atomic E-state index is -0.842. The topological polar surface area (TPSA) is 78.9 Å². The largest absolute Gasteiger partial charge is 0.462 e. The van der Waals surface area contributed by atoms with Crippen molar-refractivity contribution in [3.63, 3.8) is 0 Å². The monoisotopic (exact) mass is 813 g/mol. The third kappa shape index (κ3) is 44.5. The van der Waals surface area contributed by atoms with E-state index in [1.165, 1.54) is 25.7 Å². The van der Waals surface area contributed by atoms with Gasteiger partial charge in [-0.1, -0.05) is 180 Å². The quantitative estimate of drug-likeness (QED) is 0.0203. The average molecular weight is 813 g/mol. The number of rotatable bonds is 38. The lowest BCUT2D eigenvalue weighted by Crippen LogP contribution is -2.30. The van der Waals surface area contributed by atoms with Gasteiger partial charge in [-0.15, -0.1) is 0 Å². The number of ether oxygens (including phenoxy) is 3. The molecule has 328 valence electrons. The zero-order valence-electron chi connectivity index (χ0n) is 37.2. The second-order valence-corrected chi connectivity index (χ2v) is 14.3. The Balaban J connectivity index is 4.56. The summed E-state index contributed by atoms with van der Waals surface area (Å²) in [7, 11) is 0. The van der Waals surface area contributed by atoms with Crippen molar-refractivity contribution in [2.75, 3.05) is 13.2 Å². The van der Waals surface area contributed by atoms with Crippen molar-refractivity contribution in [2.45, 2.75) is 168 Å². The zero-order valence-corrected chi connectivity index (χ0v) is 37.2.